The number of nitrogens with zero attached hydrogens (tertiary/aromatic N) is 1. The van der Waals surface area contributed by atoms with Gasteiger partial charge in [-0.1, -0.05) is 24.3 Å². The Kier molecular flexibility index (Phi) is 3.79. The summed E-state index contributed by atoms with van der Waals surface area (Å²) in [5.74, 6) is 0. The minimum Gasteiger partial charge on any atom is -0.397 e. The van der Waals surface area contributed by atoms with Gasteiger partial charge in [-0.2, -0.15) is 0 Å². The zero-order valence-corrected chi connectivity index (χ0v) is 12.2. The van der Waals surface area contributed by atoms with E-state index in [2.05, 4.69) is 57.0 Å². The van der Waals surface area contributed by atoms with Crippen LogP contribution < -0.4 is 10.6 Å². The smallest absolute Gasteiger partial charge is 0.0603 e. The molecule has 19 heavy (non-hydrogen) atoms. The lowest BCUT2D eigenvalue weighted by atomic mass is 10.1. The second-order valence-corrected chi connectivity index (χ2v) is 5.34. The third-order valence-electron chi connectivity index (χ3n) is 3.59. The largest absolute Gasteiger partial charge is 0.397 e. The van der Waals surface area contributed by atoms with E-state index in [4.69, 9.17) is 5.73 Å². The van der Waals surface area contributed by atoms with Gasteiger partial charge in [0.1, 0.15) is 0 Å². The normalized spacial score (nSPS) is 10.5. The highest BCUT2D eigenvalue weighted by Crippen LogP contribution is 2.25. The number of benzene rings is 2. The summed E-state index contributed by atoms with van der Waals surface area (Å²) >= 11 is 0. The molecule has 0 saturated heterocycles. The summed E-state index contributed by atoms with van der Waals surface area (Å²) in [5.41, 5.74) is 13.2. The molecule has 2 N–H and O–H groups in total. The van der Waals surface area contributed by atoms with Gasteiger partial charge in [-0.05, 0) is 55.2 Å². The molecule has 2 aromatic carbocycles. The Balaban J connectivity index is 2.22. The van der Waals surface area contributed by atoms with Crippen molar-refractivity contribution < 1.29 is 0 Å². The summed E-state index contributed by atoms with van der Waals surface area (Å²) in [4.78, 5) is 2.20. The zero-order valence-electron chi connectivity index (χ0n) is 12.2. The highest BCUT2D eigenvalue weighted by molar-refractivity contribution is 5.68. The van der Waals surface area contributed by atoms with Crippen LogP contribution in [0.15, 0.2) is 36.4 Å². The fourth-order valence-electron chi connectivity index (χ4n) is 2.25. The standard InChI is InChI=1S/C17H22N2/c1-12-5-8-16(18)17(9-12)19(4)11-15-7-6-13(2)14(3)10-15/h5-10H,11,18H2,1-4H3. The molecule has 0 aliphatic carbocycles. The summed E-state index contributed by atoms with van der Waals surface area (Å²) in [5, 5.41) is 0. The van der Waals surface area contributed by atoms with Crippen LogP contribution in [0.25, 0.3) is 0 Å². The fraction of sp³-hybridized carbons (Fsp3) is 0.294. The van der Waals surface area contributed by atoms with Crippen LogP contribution in [-0.2, 0) is 6.54 Å². The van der Waals surface area contributed by atoms with Crippen molar-refractivity contribution in [1.29, 1.82) is 0 Å². The molecule has 0 saturated carbocycles. The van der Waals surface area contributed by atoms with Gasteiger partial charge in [0.2, 0.25) is 0 Å². The van der Waals surface area contributed by atoms with E-state index >= 15 is 0 Å². The first-order valence-electron chi connectivity index (χ1n) is 6.61. The lowest BCUT2D eigenvalue weighted by Crippen LogP contribution is -2.18. The average Bonchev–Trinajstić information content (AvgIpc) is 2.36. The third kappa shape index (κ3) is 3.08. The Labute approximate surface area is 115 Å². The van der Waals surface area contributed by atoms with Crippen molar-refractivity contribution in [3.8, 4) is 0 Å². The molecule has 2 heteroatoms. The van der Waals surface area contributed by atoms with E-state index in [1.807, 2.05) is 12.1 Å². The monoisotopic (exact) mass is 254 g/mol. The van der Waals surface area contributed by atoms with Crippen LogP contribution in [-0.4, -0.2) is 7.05 Å². The minimum atomic E-state index is 0.830. The molecule has 0 spiro atoms. The van der Waals surface area contributed by atoms with Gasteiger partial charge in [0.25, 0.3) is 0 Å². The van der Waals surface area contributed by atoms with Crippen molar-refractivity contribution in [2.75, 3.05) is 17.7 Å². The molecule has 2 nitrogen and oxygen atoms in total. The molecule has 0 atom stereocenters. The van der Waals surface area contributed by atoms with Gasteiger partial charge in [-0.25, -0.2) is 0 Å². The van der Waals surface area contributed by atoms with Crippen molar-refractivity contribution in [3.63, 3.8) is 0 Å². The fourth-order valence-corrected chi connectivity index (χ4v) is 2.25. The van der Waals surface area contributed by atoms with Crippen molar-refractivity contribution in [2.45, 2.75) is 27.3 Å². The number of hydrogen-bond donors (Lipinski definition) is 1. The summed E-state index contributed by atoms with van der Waals surface area (Å²) in [6.45, 7) is 7.25. The summed E-state index contributed by atoms with van der Waals surface area (Å²) in [6, 6.07) is 12.8. The molecule has 0 aromatic heterocycles. The minimum absolute atomic E-state index is 0.830. The lowest BCUT2D eigenvalue weighted by molar-refractivity contribution is 0.921. The number of hydrogen-bond acceptors (Lipinski definition) is 2. The highest BCUT2D eigenvalue weighted by Gasteiger charge is 2.07. The Morgan fingerprint density at radius 1 is 0.947 bits per heavy atom. The predicted octanol–water partition coefficient (Wildman–Crippen LogP) is 3.83. The molecular weight excluding hydrogens is 232 g/mol. The molecule has 0 amide bonds. The molecule has 0 radical (unpaired) electrons. The van der Waals surface area contributed by atoms with Gasteiger partial charge in [-0.15, -0.1) is 0 Å². The highest BCUT2D eigenvalue weighted by atomic mass is 15.1. The van der Waals surface area contributed by atoms with Crippen LogP contribution in [0.1, 0.15) is 22.3 Å². The second kappa shape index (κ2) is 5.35. The Morgan fingerprint density at radius 2 is 1.68 bits per heavy atom. The molecule has 100 valence electrons. The maximum atomic E-state index is 6.06. The Bertz CT molecular complexity index is 588. The molecule has 2 rings (SSSR count). The number of nitrogens with two attached hydrogens (primary N) is 1. The van der Waals surface area contributed by atoms with Crippen LogP contribution >= 0.6 is 0 Å². The average molecular weight is 254 g/mol. The van der Waals surface area contributed by atoms with Crippen molar-refractivity contribution >= 4 is 11.4 Å². The maximum Gasteiger partial charge on any atom is 0.0603 e. The van der Waals surface area contributed by atoms with E-state index in [9.17, 15) is 0 Å². The molecule has 2 aromatic rings. The van der Waals surface area contributed by atoms with E-state index in [1.54, 1.807) is 0 Å². The van der Waals surface area contributed by atoms with E-state index in [0.29, 0.717) is 0 Å². The molecular formula is C17H22N2. The van der Waals surface area contributed by atoms with Crippen molar-refractivity contribution in [1.82, 2.24) is 0 Å². The molecule has 0 bridgehead atoms. The molecule has 0 fully saturated rings. The topological polar surface area (TPSA) is 29.3 Å². The summed E-state index contributed by atoms with van der Waals surface area (Å²) in [7, 11) is 2.08. The van der Waals surface area contributed by atoms with Gasteiger partial charge in [0, 0.05) is 13.6 Å². The Hall–Kier alpha value is -1.96. The zero-order chi connectivity index (χ0) is 14.0. The van der Waals surface area contributed by atoms with E-state index in [-0.39, 0.29) is 0 Å². The first-order valence-corrected chi connectivity index (χ1v) is 6.61. The second-order valence-electron chi connectivity index (χ2n) is 5.34. The maximum absolute atomic E-state index is 6.06. The Morgan fingerprint density at radius 3 is 2.37 bits per heavy atom. The predicted molar refractivity (Wildman–Crippen MR) is 83.6 cm³/mol. The number of nitrogen functional groups attached to an aromatic ring is 1. The van der Waals surface area contributed by atoms with E-state index in [0.717, 1.165) is 17.9 Å². The van der Waals surface area contributed by atoms with E-state index in [1.165, 1.54) is 22.3 Å². The van der Waals surface area contributed by atoms with Gasteiger partial charge in [-0.3, -0.25) is 0 Å². The van der Waals surface area contributed by atoms with Crippen LogP contribution in [0.5, 0.6) is 0 Å². The summed E-state index contributed by atoms with van der Waals surface area (Å²) < 4.78 is 0. The summed E-state index contributed by atoms with van der Waals surface area (Å²) in [6.07, 6.45) is 0. The third-order valence-corrected chi connectivity index (χ3v) is 3.59. The van der Waals surface area contributed by atoms with Gasteiger partial charge in [0.15, 0.2) is 0 Å². The van der Waals surface area contributed by atoms with Crippen LogP contribution in [0.4, 0.5) is 11.4 Å². The van der Waals surface area contributed by atoms with E-state index < -0.39 is 0 Å². The molecule has 0 unspecified atom stereocenters. The van der Waals surface area contributed by atoms with Gasteiger partial charge >= 0.3 is 0 Å². The molecule has 0 aliphatic rings. The van der Waals surface area contributed by atoms with Crippen LogP contribution in [0.3, 0.4) is 0 Å². The number of aryl methyl sites for hydroxylation is 3. The van der Waals surface area contributed by atoms with Gasteiger partial charge in [0.05, 0.1) is 11.4 Å². The lowest BCUT2D eigenvalue weighted by Gasteiger charge is -2.22. The number of rotatable bonds is 3. The number of anilines is 2. The first-order chi connectivity index (χ1) is 8.97. The van der Waals surface area contributed by atoms with Crippen molar-refractivity contribution in [2.24, 2.45) is 0 Å². The molecule has 0 heterocycles. The van der Waals surface area contributed by atoms with Crippen LogP contribution in [0, 0.1) is 20.8 Å². The van der Waals surface area contributed by atoms with Crippen LogP contribution in [0.2, 0.25) is 0 Å². The quantitative estimate of drug-likeness (QED) is 0.843. The van der Waals surface area contributed by atoms with Crippen molar-refractivity contribution in [3.05, 3.63) is 58.7 Å². The molecule has 0 aliphatic heterocycles. The first kappa shape index (κ1) is 13.5. The SMILES string of the molecule is Cc1ccc(N)c(N(C)Cc2ccc(C)c(C)c2)c1. The van der Waals surface area contributed by atoms with Gasteiger partial charge < -0.3 is 10.6 Å².